The second kappa shape index (κ2) is 57.0. The van der Waals surface area contributed by atoms with Crippen molar-refractivity contribution in [3.63, 3.8) is 0 Å². The molecule has 1 atom stereocenters. The predicted molar refractivity (Wildman–Crippen MR) is 293 cm³/mol. The van der Waals surface area contributed by atoms with E-state index in [1.807, 2.05) is 0 Å². The van der Waals surface area contributed by atoms with Gasteiger partial charge < -0.3 is 14.2 Å². The molecule has 0 fully saturated rings. The first kappa shape index (κ1) is 65.4. The highest BCUT2D eigenvalue weighted by molar-refractivity contribution is 5.71. The van der Waals surface area contributed by atoms with E-state index in [-0.39, 0.29) is 31.1 Å². The van der Waals surface area contributed by atoms with E-state index in [4.69, 9.17) is 14.2 Å². The van der Waals surface area contributed by atoms with Crippen LogP contribution in [-0.4, -0.2) is 37.2 Å². The van der Waals surface area contributed by atoms with Crippen molar-refractivity contribution < 1.29 is 28.6 Å². The lowest BCUT2D eigenvalue weighted by atomic mass is 10.0. The fourth-order valence-electron chi connectivity index (χ4n) is 8.67. The Hall–Kier alpha value is -2.63. The maximum Gasteiger partial charge on any atom is 0.306 e. The third kappa shape index (κ3) is 54.3. The van der Waals surface area contributed by atoms with Crippen LogP contribution in [0.25, 0.3) is 0 Å². The van der Waals surface area contributed by atoms with E-state index in [1.165, 1.54) is 173 Å². The van der Waals surface area contributed by atoms with Gasteiger partial charge >= 0.3 is 17.9 Å². The topological polar surface area (TPSA) is 78.9 Å². The van der Waals surface area contributed by atoms with E-state index < -0.39 is 6.10 Å². The number of esters is 3. The molecule has 0 saturated carbocycles. The highest BCUT2D eigenvalue weighted by Crippen LogP contribution is 2.17. The van der Waals surface area contributed by atoms with E-state index in [0.29, 0.717) is 19.3 Å². The lowest BCUT2D eigenvalue weighted by Gasteiger charge is -2.18. The molecule has 0 aromatic rings. The van der Waals surface area contributed by atoms with Crippen LogP contribution in [0.15, 0.2) is 48.6 Å². The molecule has 0 spiro atoms. The summed E-state index contributed by atoms with van der Waals surface area (Å²) in [4.78, 5) is 38.1. The monoisotopic (exact) mass is 953 g/mol. The molecule has 0 unspecified atom stereocenters. The normalized spacial score (nSPS) is 12.3. The first-order chi connectivity index (χ1) is 33.5. The Bertz CT molecular complexity index is 1190. The molecule has 0 heterocycles. The van der Waals surface area contributed by atoms with Gasteiger partial charge in [-0.15, -0.1) is 0 Å². The average Bonchev–Trinajstić information content (AvgIpc) is 3.34. The number of ether oxygens (including phenoxy) is 3. The summed E-state index contributed by atoms with van der Waals surface area (Å²) in [5.74, 6) is -0.884. The minimum atomic E-state index is -0.779. The minimum Gasteiger partial charge on any atom is -0.462 e. The molecule has 0 saturated heterocycles. The number of rotatable bonds is 54. The average molecular weight is 954 g/mol. The van der Waals surface area contributed by atoms with Gasteiger partial charge in [0.25, 0.3) is 0 Å². The van der Waals surface area contributed by atoms with Crippen LogP contribution in [0.1, 0.15) is 310 Å². The summed E-state index contributed by atoms with van der Waals surface area (Å²) in [5, 5.41) is 0. The zero-order valence-corrected chi connectivity index (χ0v) is 45.4. The number of carbonyl (C=O) groups excluding carboxylic acids is 3. The van der Waals surface area contributed by atoms with Gasteiger partial charge in [0.15, 0.2) is 6.10 Å². The van der Waals surface area contributed by atoms with Crippen molar-refractivity contribution in [1.82, 2.24) is 0 Å². The molecule has 0 amide bonds. The summed E-state index contributed by atoms with van der Waals surface area (Å²) < 4.78 is 16.9. The lowest BCUT2D eigenvalue weighted by Crippen LogP contribution is -2.30. The predicted octanol–water partition coefficient (Wildman–Crippen LogP) is 19.8. The number of hydrogen-bond acceptors (Lipinski definition) is 6. The summed E-state index contributed by atoms with van der Waals surface area (Å²) in [6.07, 6.45) is 69.7. The maximum absolute atomic E-state index is 12.8. The lowest BCUT2D eigenvalue weighted by molar-refractivity contribution is -0.167. The van der Waals surface area contributed by atoms with Gasteiger partial charge in [0, 0.05) is 19.3 Å². The van der Waals surface area contributed by atoms with Crippen molar-refractivity contribution in [2.75, 3.05) is 13.2 Å². The molecular weight excluding hydrogens is 841 g/mol. The third-order valence-corrected chi connectivity index (χ3v) is 13.1. The number of unbranched alkanes of at least 4 members (excludes halogenated alkanes) is 35. The Kier molecular flexibility index (Phi) is 54.8. The van der Waals surface area contributed by atoms with Crippen LogP contribution in [0.5, 0.6) is 0 Å². The van der Waals surface area contributed by atoms with Crippen molar-refractivity contribution in [1.29, 1.82) is 0 Å². The van der Waals surface area contributed by atoms with Gasteiger partial charge in [-0.05, 0) is 57.8 Å². The van der Waals surface area contributed by atoms with Crippen LogP contribution < -0.4 is 0 Å². The SMILES string of the molecule is CC/C=C\C/C=C\C/C=C\C/C=C\CCCCCCC(=O)OC[C@H](COC(=O)CCCCCCCCCCCCCCCCCCCCCCC)OC(=O)CCCCCCCCCCCCCC. The Balaban J connectivity index is 4.30. The van der Waals surface area contributed by atoms with Crippen molar-refractivity contribution in [2.45, 2.75) is 316 Å². The standard InChI is InChI=1S/C62H112O6/c1-4-7-10-13-16-19-22-25-27-29-30-31-32-34-36-38-41-43-46-49-52-55-61(64)67-58-59(68-62(65)56-53-50-47-44-39-24-21-18-15-12-9-6-3)57-66-60(63)54-51-48-45-42-40-37-35-33-28-26-23-20-17-14-11-8-5-2/h8,11,17,20,26,28,35,37,59H,4-7,9-10,12-16,18-19,21-25,27,29-34,36,38-58H2,1-3H3/b11-8-,20-17-,28-26-,37-35-/t59-/m1/s1. The van der Waals surface area contributed by atoms with Crippen LogP contribution in [-0.2, 0) is 28.6 Å². The molecule has 0 aliphatic rings. The van der Waals surface area contributed by atoms with Crippen LogP contribution in [0.3, 0.4) is 0 Å². The zero-order chi connectivity index (χ0) is 49.3. The van der Waals surface area contributed by atoms with Crippen molar-refractivity contribution >= 4 is 17.9 Å². The molecule has 68 heavy (non-hydrogen) atoms. The fourth-order valence-corrected chi connectivity index (χ4v) is 8.67. The Labute approximate surface area is 422 Å². The molecule has 0 aromatic carbocycles. The Morgan fingerprint density at radius 3 is 0.897 bits per heavy atom. The summed E-state index contributed by atoms with van der Waals surface area (Å²) >= 11 is 0. The molecule has 0 rings (SSSR count). The van der Waals surface area contributed by atoms with Gasteiger partial charge in [-0.2, -0.15) is 0 Å². The van der Waals surface area contributed by atoms with E-state index in [9.17, 15) is 14.4 Å². The number of carbonyl (C=O) groups is 3. The van der Waals surface area contributed by atoms with Crippen molar-refractivity contribution in [3.05, 3.63) is 48.6 Å². The van der Waals surface area contributed by atoms with Crippen molar-refractivity contribution in [2.24, 2.45) is 0 Å². The first-order valence-electron chi connectivity index (χ1n) is 29.6. The van der Waals surface area contributed by atoms with Gasteiger partial charge in [0.2, 0.25) is 0 Å². The molecule has 396 valence electrons. The van der Waals surface area contributed by atoms with Gasteiger partial charge in [-0.1, -0.05) is 281 Å². The third-order valence-electron chi connectivity index (χ3n) is 13.1. The van der Waals surface area contributed by atoms with E-state index in [2.05, 4.69) is 69.4 Å². The summed E-state index contributed by atoms with van der Waals surface area (Å²) in [5.41, 5.74) is 0. The van der Waals surface area contributed by atoms with E-state index in [1.54, 1.807) is 0 Å². The second-order valence-electron chi connectivity index (χ2n) is 19.9. The highest BCUT2D eigenvalue weighted by Gasteiger charge is 2.19. The summed E-state index contributed by atoms with van der Waals surface area (Å²) in [7, 11) is 0. The highest BCUT2D eigenvalue weighted by atomic mass is 16.6. The van der Waals surface area contributed by atoms with E-state index >= 15 is 0 Å². The van der Waals surface area contributed by atoms with Crippen molar-refractivity contribution in [3.8, 4) is 0 Å². The molecule has 0 aliphatic carbocycles. The molecule has 0 radical (unpaired) electrons. The maximum atomic E-state index is 12.8. The number of hydrogen-bond donors (Lipinski definition) is 0. The minimum absolute atomic E-state index is 0.0765. The molecule has 0 N–H and O–H groups in total. The van der Waals surface area contributed by atoms with Gasteiger partial charge in [-0.25, -0.2) is 0 Å². The molecule has 0 aromatic heterocycles. The van der Waals surface area contributed by atoms with Gasteiger partial charge in [-0.3, -0.25) is 14.4 Å². The number of allylic oxidation sites excluding steroid dienone is 8. The molecular formula is C62H112O6. The first-order valence-corrected chi connectivity index (χ1v) is 29.6. The second-order valence-corrected chi connectivity index (χ2v) is 19.9. The van der Waals surface area contributed by atoms with Crippen LogP contribution in [0.2, 0.25) is 0 Å². The molecule has 0 bridgehead atoms. The van der Waals surface area contributed by atoms with Crippen LogP contribution >= 0.6 is 0 Å². The molecule has 0 aliphatic heterocycles. The smallest absolute Gasteiger partial charge is 0.306 e. The fraction of sp³-hybridized carbons (Fsp3) is 0.823. The van der Waals surface area contributed by atoms with Gasteiger partial charge in [0.05, 0.1) is 0 Å². The molecule has 6 heteroatoms. The summed E-state index contributed by atoms with van der Waals surface area (Å²) in [6, 6.07) is 0. The van der Waals surface area contributed by atoms with E-state index in [0.717, 1.165) is 96.3 Å². The Morgan fingerprint density at radius 1 is 0.309 bits per heavy atom. The zero-order valence-electron chi connectivity index (χ0n) is 45.4. The van der Waals surface area contributed by atoms with Crippen LogP contribution in [0, 0.1) is 0 Å². The quantitative estimate of drug-likeness (QED) is 0.0262. The summed E-state index contributed by atoms with van der Waals surface area (Å²) in [6.45, 7) is 6.55. The largest absolute Gasteiger partial charge is 0.462 e. The molecule has 6 nitrogen and oxygen atoms in total. The van der Waals surface area contributed by atoms with Crippen LogP contribution in [0.4, 0.5) is 0 Å². The van der Waals surface area contributed by atoms with Gasteiger partial charge in [0.1, 0.15) is 13.2 Å². The Morgan fingerprint density at radius 2 is 0.574 bits per heavy atom.